The molecule has 0 aliphatic heterocycles. The van der Waals surface area contributed by atoms with Gasteiger partial charge in [0.1, 0.15) is 11.6 Å². The van der Waals surface area contributed by atoms with Crippen molar-refractivity contribution in [3.8, 4) is 6.07 Å². The Morgan fingerprint density at radius 1 is 1.44 bits per heavy atom. The van der Waals surface area contributed by atoms with E-state index in [-0.39, 0.29) is 36.6 Å². The number of fused-ring (bicyclic) bond motifs is 1. The molecule has 3 rings (SSSR count). The van der Waals surface area contributed by atoms with Gasteiger partial charge in [0.15, 0.2) is 0 Å². The number of nitrogens with one attached hydrogen (secondary N) is 2. The average molecular weight is 340 g/mol. The normalized spacial score (nSPS) is 19.1. The van der Waals surface area contributed by atoms with Crippen LogP contribution < -0.4 is 15.8 Å². The summed E-state index contributed by atoms with van der Waals surface area (Å²) in [5.74, 6) is -0.159. The smallest absolute Gasteiger partial charge is 0.268 e. The monoisotopic (exact) mass is 340 g/mol. The zero-order valence-corrected chi connectivity index (χ0v) is 14.0. The molecule has 1 saturated carbocycles. The first-order valence-corrected chi connectivity index (χ1v) is 8.23. The maximum Gasteiger partial charge on any atom is 0.268 e. The number of carbonyl (C=O) groups excluding carboxylic acids is 1. The minimum atomic E-state index is -0.403. The highest BCUT2D eigenvalue weighted by Gasteiger charge is 2.38. The summed E-state index contributed by atoms with van der Waals surface area (Å²) in [7, 11) is 1.86. The Hall–Kier alpha value is -2.85. The van der Waals surface area contributed by atoms with Crippen LogP contribution in [0, 0.1) is 17.2 Å². The van der Waals surface area contributed by atoms with Crippen LogP contribution in [0.25, 0.3) is 10.9 Å². The SMILES string of the molecule is CN(c1c(C#N)c(=O)[nH]c2ccccc12)C1CC(C(=O)NCCO)C1. The number of anilines is 1. The number of aromatic nitrogens is 1. The van der Waals surface area contributed by atoms with Crippen molar-refractivity contribution in [3.05, 3.63) is 40.2 Å². The number of para-hydroxylation sites is 1. The van der Waals surface area contributed by atoms with Gasteiger partial charge in [0.05, 0.1) is 17.8 Å². The summed E-state index contributed by atoms with van der Waals surface area (Å²) in [5.41, 5.74) is 0.986. The number of carbonyl (C=O) groups is 1. The minimum Gasteiger partial charge on any atom is -0.395 e. The van der Waals surface area contributed by atoms with Crippen LogP contribution in [0.15, 0.2) is 29.1 Å². The number of aliphatic hydroxyl groups is 1. The van der Waals surface area contributed by atoms with E-state index in [4.69, 9.17) is 5.11 Å². The van der Waals surface area contributed by atoms with E-state index < -0.39 is 5.56 Å². The van der Waals surface area contributed by atoms with Gasteiger partial charge in [-0.05, 0) is 18.9 Å². The third-order valence-electron chi connectivity index (χ3n) is 4.80. The maximum atomic E-state index is 12.2. The molecule has 0 bridgehead atoms. The number of hydrogen-bond donors (Lipinski definition) is 3. The van der Waals surface area contributed by atoms with Gasteiger partial charge in [-0.1, -0.05) is 18.2 Å². The zero-order chi connectivity index (χ0) is 18.0. The van der Waals surface area contributed by atoms with Crippen LogP contribution in [0.1, 0.15) is 18.4 Å². The molecule has 0 radical (unpaired) electrons. The Bertz CT molecular complexity index is 893. The molecule has 1 fully saturated rings. The van der Waals surface area contributed by atoms with Gasteiger partial charge in [-0.3, -0.25) is 9.59 Å². The molecule has 2 aromatic rings. The van der Waals surface area contributed by atoms with Gasteiger partial charge in [-0.25, -0.2) is 0 Å². The van der Waals surface area contributed by atoms with Crippen molar-refractivity contribution in [1.82, 2.24) is 10.3 Å². The number of hydrogen-bond acceptors (Lipinski definition) is 5. The predicted octanol–water partition coefficient (Wildman–Crippen LogP) is 0.723. The summed E-state index contributed by atoms with van der Waals surface area (Å²) in [4.78, 5) is 28.8. The van der Waals surface area contributed by atoms with E-state index in [1.54, 1.807) is 6.07 Å². The van der Waals surface area contributed by atoms with Gasteiger partial charge in [0, 0.05) is 30.9 Å². The van der Waals surface area contributed by atoms with E-state index in [0.29, 0.717) is 24.0 Å². The molecular weight excluding hydrogens is 320 g/mol. The quantitative estimate of drug-likeness (QED) is 0.743. The Labute approximate surface area is 144 Å². The summed E-state index contributed by atoms with van der Waals surface area (Å²) in [6.07, 6.45) is 1.31. The number of pyridine rings is 1. The molecule has 7 heteroatoms. The Balaban J connectivity index is 1.87. The van der Waals surface area contributed by atoms with E-state index in [2.05, 4.69) is 10.3 Å². The molecule has 1 amide bonds. The summed E-state index contributed by atoms with van der Waals surface area (Å²) in [6, 6.07) is 9.48. The lowest BCUT2D eigenvalue weighted by molar-refractivity contribution is -0.128. The Morgan fingerprint density at radius 2 is 2.16 bits per heavy atom. The van der Waals surface area contributed by atoms with E-state index in [0.717, 1.165) is 5.39 Å². The lowest BCUT2D eigenvalue weighted by Crippen LogP contribution is -2.49. The molecule has 0 atom stereocenters. The first-order chi connectivity index (χ1) is 12.1. The van der Waals surface area contributed by atoms with Crippen molar-refractivity contribution in [3.63, 3.8) is 0 Å². The second kappa shape index (κ2) is 6.95. The number of nitriles is 1. The third kappa shape index (κ3) is 3.08. The number of nitrogens with zero attached hydrogens (tertiary/aromatic N) is 2. The molecule has 0 saturated heterocycles. The predicted molar refractivity (Wildman–Crippen MR) is 94.3 cm³/mol. The summed E-state index contributed by atoms with van der Waals surface area (Å²) >= 11 is 0. The second-order valence-electron chi connectivity index (χ2n) is 6.28. The van der Waals surface area contributed by atoms with Crippen LogP contribution in [-0.2, 0) is 4.79 Å². The summed E-state index contributed by atoms with van der Waals surface area (Å²) < 4.78 is 0. The fourth-order valence-electron chi connectivity index (χ4n) is 3.32. The number of rotatable bonds is 5. The van der Waals surface area contributed by atoms with Crippen molar-refractivity contribution in [1.29, 1.82) is 5.26 Å². The van der Waals surface area contributed by atoms with Crippen LogP contribution in [0.2, 0.25) is 0 Å². The molecule has 130 valence electrons. The van der Waals surface area contributed by atoms with Gasteiger partial charge in [0.2, 0.25) is 5.91 Å². The molecule has 7 nitrogen and oxygen atoms in total. The second-order valence-corrected chi connectivity index (χ2v) is 6.28. The maximum absolute atomic E-state index is 12.2. The van der Waals surface area contributed by atoms with Gasteiger partial charge in [-0.2, -0.15) is 5.26 Å². The van der Waals surface area contributed by atoms with E-state index in [1.165, 1.54) is 0 Å². The van der Waals surface area contributed by atoms with Crippen LogP contribution in [-0.4, -0.2) is 42.2 Å². The van der Waals surface area contributed by atoms with E-state index in [1.807, 2.05) is 36.2 Å². The topological polar surface area (TPSA) is 109 Å². The molecule has 1 aromatic heterocycles. The van der Waals surface area contributed by atoms with Crippen LogP contribution in [0.4, 0.5) is 5.69 Å². The van der Waals surface area contributed by atoms with Gasteiger partial charge in [0.25, 0.3) is 5.56 Å². The minimum absolute atomic E-state index is 0.0602. The fourth-order valence-corrected chi connectivity index (χ4v) is 3.32. The third-order valence-corrected chi connectivity index (χ3v) is 4.80. The van der Waals surface area contributed by atoms with Crippen molar-refractivity contribution < 1.29 is 9.90 Å². The molecular formula is C18H20N4O3. The summed E-state index contributed by atoms with van der Waals surface area (Å²) in [6.45, 7) is 0.180. The van der Waals surface area contributed by atoms with Crippen LogP contribution >= 0.6 is 0 Å². The molecule has 1 aliphatic rings. The molecule has 3 N–H and O–H groups in total. The van der Waals surface area contributed by atoms with Crippen molar-refractivity contribution in [2.75, 3.05) is 25.1 Å². The first kappa shape index (κ1) is 17.0. The van der Waals surface area contributed by atoms with Crippen molar-refractivity contribution in [2.45, 2.75) is 18.9 Å². The first-order valence-electron chi connectivity index (χ1n) is 8.23. The standard InChI is InChI=1S/C18H20N4O3/c1-22(12-8-11(9-12)17(24)20-6-7-23)16-13-4-2-3-5-15(13)21-18(25)14(16)10-19/h2-5,11-12,23H,6-9H2,1H3,(H,20,24)(H,21,25). The molecule has 0 unspecified atom stereocenters. The van der Waals surface area contributed by atoms with Gasteiger partial charge in [-0.15, -0.1) is 0 Å². The zero-order valence-electron chi connectivity index (χ0n) is 14.0. The van der Waals surface area contributed by atoms with Crippen molar-refractivity contribution in [2.24, 2.45) is 5.92 Å². The average Bonchev–Trinajstić information content (AvgIpc) is 2.57. The van der Waals surface area contributed by atoms with Gasteiger partial charge >= 0.3 is 0 Å². The molecule has 25 heavy (non-hydrogen) atoms. The number of benzene rings is 1. The van der Waals surface area contributed by atoms with E-state index >= 15 is 0 Å². The molecule has 0 spiro atoms. The van der Waals surface area contributed by atoms with Crippen LogP contribution in [0.3, 0.4) is 0 Å². The highest BCUT2D eigenvalue weighted by molar-refractivity contribution is 5.94. The number of H-pyrrole nitrogens is 1. The summed E-state index contributed by atoms with van der Waals surface area (Å²) in [5, 5.41) is 21.7. The van der Waals surface area contributed by atoms with Crippen LogP contribution in [0.5, 0.6) is 0 Å². The van der Waals surface area contributed by atoms with Gasteiger partial charge < -0.3 is 20.3 Å². The number of aromatic amines is 1. The fraction of sp³-hybridized carbons (Fsp3) is 0.389. The molecule has 1 aromatic carbocycles. The molecule has 1 heterocycles. The Morgan fingerprint density at radius 3 is 2.84 bits per heavy atom. The lowest BCUT2D eigenvalue weighted by atomic mass is 9.78. The highest BCUT2D eigenvalue weighted by Crippen LogP contribution is 2.37. The van der Waals surface area contributed by atoms with Crippen molar-refractivity contribution >= 4 is 22.5 Å². The largest absolute Gasteiger partial charge is 0.395 e. The molecule has 1 aliphatic carbocycles. The Kier molecular flexibility index (Phi) is 4.72. The highest BCUT2D eigenvalue weighted by atomic mass is 16.3. The number of amides is 1. The van der Waals surface area contributed by atoms with E-state index in [9.17, 15) is 14.9 Å². The lowest BCUT2D eigenvalue weighted by Gasteiger charge is -2.42. The number of aliphatic hydroxyl groups excluding tert-OH is 1.